The van der Waals surface area contributed by atoms with Gasteiger partial charge in [-0.3, -0.25) is 10.1 Å². The maximum absolute atomic E-state index is 12.9. The van der Waals surface area contributed by atoms with E-state index in [1.807, 2.05) is 30.3 Å². The summed E-state index contributed by atoms with van der Waals surface area (Å²) in [4.78, 5) is 13.0. The molecule has 0 radical (unpaired) electrons. The number of amides is 1. The largest absolute Gasteiger partial charge is 0.296 e. The number of sulfonamides is 1. The lowest BCUT2D eigenvalue weighted by Crippen LogP contribution is -2.36. The Morgan fingerprint density at radius 1 is 1.04 bits per heavy atom. The lowest BCUT2D eigenvalue weighted by molar-refractivity contribution is 0.102. The Morgan fingerprint density at radius 3 is 2.54 bits per heavy atom. The number of rotatable bonds is 5. The van der Waals surface area contributed by atoms with Gasteiger partial charge in [0.2, 0.25) is 15.2 Å². The van der Waals surface area contributed by atoms with Gasteiger partial charge in [-0.15, -0.1) is 21.5 Å². The van der Waals surface area contributed by atoms with Crippen molar-refractivity contribution in [1.82, 2.24) is 14.5 Å². The van der Waals surface area contributed by atoms with Crippen molar-refractivity contribution in [3.8, 4) is 10.6 Å². The van der Waals surface area contributed by atoms with Crippen LogP contribution >= 0.6 is 22.7 Å². The SMILES string of the molecule is O=C(Nc1nnc(-c2ccccc2)s1)c1sccc1S(=O)(=O)N1CCCCC1. The number of benzene rings is 1. The van der Waals surface area contributed by atoms with Gasteiger partial charge in [0, 0.05) is 18.7 Å². The van der Waals surface area contributed by atoms with Crippen molar-refractivity contribution in [3.05, 3.63) is 46.7 Å². The zero-order valence-electron chi connectivity index (χ0n) is 14.9. The molecule has 1 N–H and O–H groups in total. The normalized spacial score (nSPS) is 15.4. The Labute approximate surface area is 171 Å². The molecule has 28 heavy (non-hydrogen) atoms. The molecule has 2 aromatic heterocycles. The highest BCUT2D eigenvalue weighted by atomic mass is 32.2. The van der Waals surface area contributed by atoms with Gasteiger partial charge < -0.3 is 0 Å². The van der Waals surface area contributed by atoms with Crippen LogP contribution in [0, 0.1) is 0 Å². The van der Waals surface area contributed by atoms with Crippen molar-refractivity contribution in [3.63, 3.8) is 0 Å². The van der Waals surface area contributed by atoms with Gasteiger partial charge in [0.15, 0.2) is 0 Å². The fourth-order valence-electron chi connectivity index (χ4n) is 3.04. The third-order valence-electron chi connectivity index (χ3n) is 4.43. The quantitative estimate of drug-likeness (QED) is 0.661. The average molecular weight is 435 g/mol. The van der Waals surface area contributed by atoms with Gasteiger partial charge in [0.05, 0.1) is 0 Å². The van der Waals surface area contributed by atoms with Crippen molar-refractivity contribution >= 4 is 43.7 Å². The molecule has 3 aromatic rings. The van der Waals surface area contributed by atoms with Crippen LogP contribution in [-0.2, 0) is 10.0 Å². The van der Waals surface area contributed by atoms with E-state index in [0.29, 0.717) is 23.2 Å². The number of piperidine rings is 1. The summed E-state index contributed by atoms with van der Waals surface area (Å²) >= 11 is 2.35. The molecule has 1 saturated heterocycles. The third-order valence-corrected chi connectivity index (χ3v) is 8.31. The van der Waals surface area contributed by atoms with Crippen molar-refractivity contribution in [1.29, 1.82) is 0 Å². The van der Waals surface area contributed by atoms with Crippen molar-refractivity contribution < 1.29 is 13.2 Å². The molecule has 0 bridgehead atoms. The summed E-state index contributed by atoms with van der Waals surface area (Å²) in [6, 6.07) is 11.0. The van der Waals surface area contributed by atoms with Crippen LogP contribution in [0.1, 0.15) is 28.9 Å². The van der Waals surface area contributed by atoms with Gasteiger partial charge in [0.1, 0.15) is 14.8 Å². The molecule has 0 unspecified atom stereocenters. The summed E-state index contributed by atoms with van der Waals surface area (Å²) in [5, 5.41) is 13.4. The van der Waals surface area contributed by atoms with Crippen molar-refractivity contribution in [2.75, 3.05) is 18.4 Å². The molecule has 7 nitrogen and oxygen atoms in total. The second-order valence-electron chi connectivity index (χ2n) is 6.31. The van der Waals surface area contributed by atoms with E-state index in [4.69, 9.17) is 0 Å². The van der Waals surface area contributed by atoms with E-state index < -0.39 is 15.9 Å². The first-order chi connectivity index (χ1) is 13.6. The zero-order chi connectivity index (χ0) is 19.6. The predicted octanol–water partition coefficient (Wildman–Crippen LogP) is 3.69. The smallest absolute Gasteiger partial charge is 0.268 e. The number of carbonyl (C=O) groups excluding carboxylic acids is 1. The molecule has 1 aromatic carbocycles. The molecule has 3 heterocycles. The van der Waals surface area contributed by atoms with Crippen LogP contribution in [0.2, 0.25) is 0 Å². The fourth-order valence-corrected chi connectivity index (χ4v) is 6.59. The van der Waals surface area contributed by atoms with Gasteiger partial charge in [0.25, 0.3) is 5.91 Å². The fraction of sp³-hybridized carbons (Fsp3) is 0.278. The second-order valence-corrected chi connectivity index (χ2v) is 10.1. The van der Waals surface area contributed by atoms with Gasteiger partial charge >= 0.3 is 0 Å². The first-order valence-corrected chi connectivity index (χ1v) is 12.0. The molecule has 0 saturated carbocycles. The molecule has 0 aliphatic carbocycles. The van der Waals surface area contributed by atoms with E-state index in [1.165, 1.54) is 21.7 Å². The Bertz CT molecular complexity index is 1070. The Morgan fingerprint density at radius 2 is 1.79 bits per heavy atom. The van der Waals surface area contributed by atoms with Crippen molar-refractivity contribution in [2.24, 2.45) is 0 Å². The Hall–Kier alpha value is -2.14. The minimum atomic E-state index is -3.67. The minimum absolute atomic E-state index is 0.0599. The van der Waals surface area contributed by atoms with Crippen LogP contribution in [-0.4, -0.2) is 41.9 Å². The van der Waals surface area contributed by atoms with E-state index >= 15 is 0 Å². The molecule has 4 rings (SSSR count). The summed E-state index contributed by atoms with van der Waals surface area (Å²) in [6.07, 6.45) is 2.72. The number of nitrogens with one attached hydrogen (secondary N) is 1. The standard InChI is InChI=1S/C18H18N4O3S3/c23-16(19-18-21-20-17(27-18)13-7-3-1-4-8-13)15-14(9-12-26-15)28(24,25)22-10-5-2-6-11-22/h1,3-4,7-9,12H,2,5-6,10-11H2,(H,19,21,23). The number of thiophene rings is 1. The van der Waals surface area contributed by atoms with Crippen LogP contribution in [0.4, 0.5) is 5.13 Å². The number of aromatic nitrogens is 2. The summed E-state index contributed by atoms with van der Waals surface area (Å²) in [5.74, 6) is -0.485. The third kappa shape index (κ3) is 3.86. The molecule has 0 spiro atoms. The van der Waals surface area contributed by atoms with Gasteiger partial charge in [-0.1, -0.05) is 48.1 Å². The molecule has 1 aliphatic rings. The number of carbonyl (C=O) groups is 1. The van der Waals surface area contributed by atoms with Crippen LogP contribution < -0.4 is 5.32 Å². The zero-order valence-corrected chi connectivity index (χ0v) is 17.3. The van der Waals surface area contributed by atoms with E-state index in [1.54, 1.807) is 5.38 Å². The highest BCUT2D eigenvalue weighted by Crippen LogP contribution is 2.30. The van der Waals surface area contributed by atoms with Crippen LogP contribution in [0.25, 0.3) is 10.6 Å². The molecule has 146 valence electrons. The van der Waals surface area contributed by atoms with E-state index in [9.17, 15) is 13.2 Å². The molecule has 0 atom stereocenters. The summed E-state index contributed by atoms with van der Waals surface area (Å²) in [5.41, 5.74) is 0.907. The highest BCUT2D eigenvalue weighted by Gasteiger charge is 2.31. The van der Waals surface area contributed by atoms with Crippen molar-refractivity contribution in [2.45, 2.75) is 24.2 Å². The van der Waals surface area contributed by atoms with Crippen LogP contribution in [0.3, 0.4) is 0 Å². The Balaban J connectivity index is 1.54. The molecule has 1 fully saturated rings. The van der Waals surface area contributed by atoms with Gasteiger partial charge in [-0.05, 0) is 24.3 Å². The van der Waals surface area contributed by atoms with E-state index in [-0.39, 0.29) is 9.77 Å². The van der Waals surface area contributed by atoms with Gasteiger partial charge in [-0.2, -0.15) is 4.31 Å². The maximum atomic E-state index is 12.9. The summed E-state index contributed by atoms with van der Waals surface area (Å²) < 4.78 is 27.4. The van der Waals surface area contributed by atoms with Crippen LogP contribution in [0.5, 0.6) is 0 Å². The van der Waals surface area contributed by atoms with E-state index in [0.717, 1.165) is 36.2 Å². The number of hydrogen-bond donors (Lipinski definition) is 1. The van der Waals surface area contributed by atoms with E-state index in [2.05, 4.69) is 15.5 Å². The summed E-state index contributed by atoms with van der Waals surface area (Å²) in [6.45, 7) is 0.992. The monoisotopic (exact) mass is 434 g/mol. The first kappa shape index (κ1) is 19.2. The maximum Gasteiger partial charge on any atom is 0.268 e. The summed E-state index contributed by atoms with van der Waals surface area (Å²) in [7, 11) is -3.67. The lowest BCUT2D eigenvalue weighted by Gasteiger charge is -2.25. The molecular weight excluding hydrogens is 416 g/mol. The average Bonchev–Trinajstić information content (AvgIpc) is 3.39. The number of anilines is 1. The Kier molecular flexibility index (Phi) is 5.54. The minimum Gasteiger partial charge on any atom is -0.296 e. The van der Waals surface area contributed by atoms with Crippen LogP contribution in [0.15, 0.2) is 46.7 Å². The lowest BCUT2D eigenvalue weighted by atomic mass is 10.2. The molecular formula is C18H18N4O3S3. The second kappa shape index (κ2) is 8.08. The number of nitrogens with zero attached hydrogens (tertiary/aromatic N) is 3. The highest BCUT2D eigenvalue weighted by molar-refractivity contribution is 7.89. The molecule has 1 aliphatic heterocycles. The predicted molar refractivity (Wildman–Crippen MR) is 110 cm³/mol. The molecule has 10 heteroatoms. The van der Waals surface area contributed by atoms with Gasteiger partial charge in [-0.25, -0.2) is 8.42 Å². The first-order valence-electron chi connectivity index (χ1n) is 8.83. The molecule has 1 amide bonds. The number of hydrogen-bond acceptors (Lipinski definition) is 7. The topological polar surface area (TPSA) is 92.3 Å².